The minimum Gasteiger partial charge on any atom is -0.492 e. The Labute approximate surface area is 120 Å². The van der Waals surface area contributed by atoms with Crippen molar-refractivity contribution >= 4 is 0 Å². The molecule has 106 valence electrons. The number of hydrogen-bond donors (Lipinski definition) is 1. The Balaban J connectivity index is 1.98. The number of methoxy groups -OCH3 is 1. The van der Waals surface area contributed by atoms with E-state index in [1.54, 1.807) is 7.11 Å². The summed E-state index contributed by atoms with van der Waals surface area (Å²) < 4.78 is 10.9. The lowest BCUT2D eigenvalue weighted by atomic mass is 10.0. The normalized spacial score (nSPS) is 12.2. The number of aryl methyl sites for hydroxylation is 1. The molecule has 0 aromatic heterocycles. The van der Waals surface area contributed by atoms with Crippen molar-refractivity contribution in [1.29, 1.82) is 0 Å². The van der Waals surface area contributed by atoms with Gasteiger partial charge < -0.3 is 15.2 Å². The van der Waals surface area contributed by atoms with Crippen molar-refractivity contribution in [2.45, 2.75) is 19.6 Å². The van der Waals surface area contributed by atoms with Crippen LogP contribution in [0.5, 0.6) is 5.75 Å². The van der Waals surface area contributed by atoms with Gasteiger partial charge in [-0.15, -0.1) is 0 Å². The Bertz CT molecular complexity index is 554. The summed E-state index contributed by atoms with van der Waals surface area (Å²) in [4.78, 5) is 0. The second kappa shape index (κ2) is 7.08. The first-order valence-corrected chi connectivity index (χ1v) is 6.72. The number of benzene rings is 2. The van der Waals surface area contributed by atoms with Gasteiger partial charge in [0, 0.05) is 7.11 Å². The van der Waals surface area contributed by atoms with E-state index in [4.69, 9.17) is 15.2 Å². The number of ether oxygens (including phenoxy) is 2. The highest BCUT2D eigenvalue weighted by Crippen LogP contribution is 2.18. The van der Waals surface area contributed by atoms with Crippen LogP contribution in [0.1, 0.15) is 22.7 Å². The van der Waals surface area contributed by atoms with Crippen molar-refractivity contribution in [2.75, 3.05) is 13.7 Å². The minimum atomic E-state index is -0.123. The van der Waals surface area contributed by atoms with Gasteiger partial charge in [-0.1, -0.05) is 36.4 Å². The minimum absolute atomic E-state index is 0.123. The lowest BCUT2D eigenvalue weighted by molar-refractivity contribution is 0.184. The van der Waals surface area contributed by atoms with Crippen LogP contribution in [-0.4, -0.2) is 13.7 Å². The molecule has 3 heteroatoms. The van der Waals surface area contributed by atoms with E-state index in [9.17, 15) is 0 Å². The topological polar surface area (TPSA) is 44.5 Å². The first-order chi connectivity index (χ1) is 9.70. The van der Waals surface area contributed by atoms with E-state index in [1.165, 1.54) is 5.56 Å². The molecule has 0 amide bonds. The number of hydrogen-bond acceptors (Lipinski definition) is 3. The summed E-state index contributed by atoms with van der Waals surface area (Å²) in [6, 6.07) is 15.9. The van der Waals surface area contributed by atoms with Crippen LogP contribution in [0.15, 0.2) is 48.5 Å². The third-order valence-corrected chi connectivity index (χ3v) is 3.23. The highest BCUT2D eigenvalue weighted by Gasteiger charge is 2.09. The van der Waals surface area contributed by atoms with E-state index in [0.29, 0.717) is 13.2 Å². The molecule has 1 atom stereocenters. The summed E-state index contributed by atoms with van der Waals surface area (Å²) in [6.45, 7) is 3.11. The molecule has 0 aliphatic rings. The van der Waals surface area contributed by atoms with Crippen LogP contribution in [0, 0.1) is 6.92 Å². The molecule has 0 saturated carbocycles. The van der Waals surface area contributed by atoms with E-state index >= 15 is 0 Å². The van der Waals surface area contributed by atoms with Gasteiger partial charge >= 0.3 is 0 Å². The molecular formula is C17H21NO2. The van der Waals surface area contributed by atoms with Crippen LogP contribution < -0.4 is 10.5 Å². The van der Waals surface area contributed by atoms with Crippen molar-refractivity contribution in [2.24, 2.45) is 5.73 Å². The van der Waals surface area contributed by atoms with Crippen LogP contribution in [0.2, 0.25) is 0 Å². The van der Waals surface area contributed by atoms with Crippen molar-refractivity contribution in [3.63, 3.8) is 0 Å². The fourth-order valence-corrected chi connectivity index (χ4v) is 2.17. The first-order valence-electron chi connectivity index (χ1n) is 6.72. The lowest BCUT2D eigenvalue weighted by Crippen LogP contribution is -2.20. The van der Waals surface area contributed by atoms with Crippen molar-refractivity contribution in [3.05, 3.63) is 65.2 Å². The smallest absolute Gasteiger partial charge is 0.119 e. The van der Waals surface area contributed by atoms with E-state index in [-0.39, 0.29) is 6.04 Å². The molecule has 0 fully saturated rings. The molecule has 1 unspecified atom stereocenters. The summed E-state index contributed by atoms with van der Waals surface area (Å²) in [5, 5.41) is 0. The predicted molar refractivity (Wildman–Crippen MR) is 80.8 cm³/mol. The lowest BCUT2D eigenvalue weighted by Gasteiger charge is -2.16. The average Bonchev–Trinajstić information content (AvgIpc) is 2.46. The Morgan fingerprint density at radius 2 is 1.90 bits per heavy atom. The van der Waals surface area contributed by atoms with Gasteiger partial charge in [0.25, 0.3) is 0 Å². The summed E-state index contributed by atoms with van der Waals surface area (Å²) in [7, 11) is 1.68. The second-order valence-corrected chi connectivity index (χ2v) is 4.85. The van der Waals surface area contributed by atoms with E-state index in [0.717, 1.165) is 16.9 Å². The molecule has 20 heavy (non-hydrogen) atoms. The van der Waals surface area contributed by atoms with Gasteiger partial charge in [0.1, 0.15) is 12.4 Å². The van der Waals surface area contributed by atoms with Gasteiger partial charge in [-0.2, -0.15) is 0 Å². The van der Waals surface area contributed by atoms with Gasteiger partial charge in [0.05, 0.1) is 12.6 Å². The average molecular weight is 271 g/mol. The van der Waals surface area contributed by atoms with E-state index in [2.05, 4.69) is 13.0 Å². The number of rotatable bonds is 6. The molecule has 0 saturated heterocycles. The predicted octanol–water partition coefficient (Wildman–Crippen LogP) is 3.22. The third-order valence-electron chi connectivity index (χ3n) is 3.23. The zero-order chi connectivity index (χ0) is 14.4. The highest BCUT2D eigenvalue weighted by molar-refractivity contribution is 5.30. The van der Waals surface area contributed by atoms with Crippen LogP contribution in [0.4, 0.5) is 0 Å². The number of nitrogens with two attached hydrogens (primary N) is 1. The van der Waals surface area contributed by atoms with Gasteiger partial charge in [0.15, 0.2) is 0 Å². The van der Waals surface area contributed by atoms with Crippen LogP contribution in [0.3, 0.4) is 0 Å². The zero-order valence-corrected chi connectivity index (χ0v) is 12.0. The van der Waals surface area contributed by atoms with E-state index < -0.39 is 0 Å². The molecule has 2 aromatic rings. The Hall–Kier alpha value is -1.84. The van der Waals surface area contributed by atoms with Gasteiger partial charge in [0.2, 0.25) is 0 Å². The molecule has 2 N–H and O–H groups in total. The molecule has 0 bridgehead atoms. The van der Waals surface area contributed by atoms with E-state index in [1.807, 2.05) is 42.5 Å². The maximum absolute atomic E-state index is 6.19. The van der Waals surface area contributed by atoms with Crippen LogP contribution in [-0.2, 0) is 11.3 Å². The standard InChI is InChI=1S/C17H21NO2/c1-13-6-3-4-9-16(13)17(18)12-20-15-8-5-7-14(10-15)11-19-2/h3-10,17H,11-12,18H2,1-2H3. The molecule has 2 rings (SSSR count). The van der Waals surface area contributed by atoms with Crippen LogP contribution in [0.25, 0.3) is 0 Å². The Morgan fingerprint density at radius 3 is 2.65 bits per heavy atom. The maximum Gasteiger partial charge on any atom is 0.119 e. The van der Waals surface area contributed by atoms with Crippen LogP contribution >= 0.6 is 0 Å². The molecule has 0 spiro atoms. The molecule has 0 heterocycles. The zero-order valence-electron chi connectivity index (χ0n) is 12.0. The van der Waals surface area contributed by atoms with Crippen molar-refractivity contribution in [1.82, 2.24) is 0 Å². The largest absolute Gasteiger partial charge is 0.492 e. The molecule has 0 radical (unpaired) electrons. The van der Waals surface area contributed by atoms with Crippen molar-refractivity contribution in [3.8, 4) is 5.75 Å². The summed E-state index contributed by atoms with van der Waals surface area (Å²) >= 11 is 0. The first kappa shape index (κ1) is 14.6. The second-order valence-electron chi connectivity index (χ2n) is 4.85. The maximum atomic E-state index is 6.19. The van der Waals surface area contributed by atoms with Crippen molar-refractivity contribution < 1.29 is 9.47 Å². The fraction of sp³-hybridized carbons (Fsp3) is 0.294. The Kier molecular flexibility index (Phi) is 5.16. The molecule has 3 nitrogen and oxygen atoms in total. The SMILES string of the molecule is COCc1cccc(OCC(N)c2ccccc2C)c1. The van der Waals surface area contributed by atoms with Gasteiger partial charge in [-0.05, 0) is 35.7 Å². The van der Waals surface area contributed by atoms with Gasteiger partial charge in [-0.3, -0.25) is 0 Å². The third kappa shape index (κ3) is 3.83. The highest BCUT2D eigenvalue weighted by atomic mass is 16.5. The Morgan fingerprint density at radius 1 is 1.10 bits per heavy atom. The molecular weight excluding hydrogens is 250 g/mol. The van der Waals surface area contributed by atoms with Gasteiger partial charge in [-0.25, -0.2) is 0 Å². The molecule has 2 aromatic carbocycles. The fourth-order valence-electron chi connectivity index (χ4n) is 2.17. The molecule has 0 aliphatic heterocycles. The molecule has 0 aliphatic carbocycles. The quantitative estimate of drug-likeness (QED) is 0.877. The summed E-state index contributed by atoms with van der Waals surface area (Å²) in [6.07, 6.45) is 0. The summed E-state index contributed by atoms with van der Waals surface area (Å²) in [5.41, 5.74) is 9.60. The monoisotopic (exact) mass is 271 g/mol. The summed E-state index contributed by atoms with van der Waals surface area (Å²) in [5.74, 6) is 0.823.